The molecule has 1 aromatic rings. The van der Waals surface area contributed by atoms with Crippen molar-refractivity contribution in [1.29, 1.82) is 0 Å². The first-order valence-electron chi connectivity index (χ1n) is 7.29. The fourth-order valence-corrected chi connectivity index (χ4v) is 1.69. The van der Waals surface area contributed by atoms with Crippen LogP contribution >= 0.6 is 0 Å². The molecule has 0 aliphatic carbocycles. The largest absolute Gasteiger partial charge is 0.380 e. The fraction of sp³-hybridized carbons (Fsp3) is 0.471. The van der Waals surface area contributed by atoms with Crippen molar-refractivity contribution in [3.05, 3.63) is 35.4 Å². The van der Waals surface area contributed by atoms with Crippen molar-refractivity contribution in [3.8, 4) is 11.8 Å². The lowest BCUT2D eigenvalue weighted by molar-refractivity contribution is 0.0905. The summed E-state index contributed by atoms with van der Waals surface area (Å²) in [7, 11) is 0. The van der Waals surface area contributed by atoms with E-state index in [1.54, 1.807) is 6.07 Å². The van der Waals surface area contributed by atoms with E-state index in [1.807, 2.05) is 18.2 Å². The lowest BCUT2D eigenvalue weighted by atomic mass is 10.1. The van der Waals surface area contributed by atoms with E-state index in [1.165, 1.54) is 0 Å². The van der Waals surface area contributed by atoms with E-state index in [4.69, 9.17) is 10.5 Å². The number of ether oxygens (including phenoxy) is 1. The second-order valence-electron chi connectivity index (χ2n) is 5.10. The van der Waals surface area contributed by atoms with Crippen LogP contribution in [0.15, 0.2) is 24.3 Å². The Hall–Kier alpha value is -1.83. The summed E-state index contributed by atoms with van der Waals surface area (Å²) in [6, 6.07) is 7.25. The van der Waals surface area contributed by atoms with Gasteiger partial charge in [0.15, 0.2) is 0 Å². The fourth-order valence-electron chi connectivity index (χ4n) is 1.69. The Labute approximate surface area is 127 Å². The van der Waals surface area contributed by atoms with Crippen LogP contribution in [0.25, 0.3) is 0 Å². The van der Waals surface area contributed by atoms with E-state index in [-0.39, 0.29) is 12.5 Å². The Morgan fingerprint density at radius 1 is 1.33 bits per heavy atom. The Bertz CT molecular complexity index is 501. The minimum Gasteiger partial charge on any atom is -0.380 e. The van der Waals surface area contributed by atoms with Gasteiger partial charge in [-0.2, -0.15) is 0 Å². The van der Waals surface area contributed by atoms with Crippen molar-refractivity contribution in [2.45, 2.75) is 20.3 Å². The van der Waals surface area contributed by atoms with Crippen molar-refractivity contribution in [3.63, 3.8) is 0 Å². The third-order valence-electron chi connectivity index (χ3n) is 2.87. The molecule has 4 nitrogen and oxygen atoms in total. The molecule has 0 atom stereocenters. The Balaban J connectivity index is 2.42. The van der Waals surface area contributed by atoms with Crippen LogP contribution in [-0.2, 0) is 4.74 Å². The minimum absolute atomic E-state index is 0.135. The highest BCUT2D eigenvalue weighted by molar-refractivity contribution is 5.96. The first-order chi connectivity index (χ1) is 10.1. The van der Waals surface area contributed by atoms with Crippen LogP contribution in [0, 0.1) is 17.8 Å². The SMILES string of the molecule is CC(C)CCOCCNC(=O)c1ccccc1C#CCN. The first kappa shape index (κ1) is 17.2. The van der Waals surface area contributed by atoms with Crippen molar-refractivity contribution < 1.29 is 9.53 Å². The van der Waals surface area contributed by atoms with E-state index < -0.39 is 0 Å². The Kier molecular flexibility index (Phi) is 8.18. The molecule has 0 heterocycles. The van der Waals surface area contributed by atoms with Gasteiger partial charge in [-0.05, 0) is 24.5 Å². The number of carbonyl (C=O) groups is 1. The van der Waals surface area contributed by atoms with Crippen LogP contribution in [0.3, 0.4) is 0 Å². The molecule has 0 aliphatic rings. The highest BCUT2D eigenvalue weighted by atomic mass is 16.5. The van der Waals surface area contributed by atoms with Gasteiger partial charge in [0.1, 0.15) is 0 Å². The highest BCUT2D eigenvalue weighted by Gasteiger charge is 2.08. The predicted octanol–water partition coefficient (Wildman–Crippen LogP) is 1.79. The number of carbonyl (C=O) groups excluding carboxylic acids is 1. The van der Waals surface area contributed by atoms with Gasteiger partial charge in [0.25, 0.3) is 5.91 Å². The molecule has 4 heteroatoms. The summed E-state index contributed by atoms with van der Waals surface area (Å²) in [5.41, 5.74) is 6.63. The molecule has 1 amide bonds. The minimum atomic E-state index is -0.135. The second-order valence-corrected chi connectivity index (χ2v) is 5.10. The number of benzene rings is 1. The average molecular weight is 288 g/mol. The maximum Gasteiger partial charge on any atom is 0.252 e. The maximum atomic E-state index is 12.1. The van der Waals surface area contributed by atoms with Gasteiger partial charge in [0.05, 0.1) is 18.7 Å². The zero-order chi connectivity index (χ0) is 15.5. The van der Waals surface area contributed by atoms with Gasteiger partial charge in [-0.25, -0.2) is 0 Å². The van der Waals surface area contributed by atoms with Gasteiger partial charge in [-0.1, -0.05) is 37.8 Å². The number of nitrogens with one attached hydrogen (secondary N) is 1. The third-order valence-corrected chi connectivity index (χ3v) is 2.87. The Morgan fingerprint density at radius 3 is 2.81 bits per heavy atom. The van der Waals surface area contributed by atoms with E-state index in [0.717, 1.165) is 13.0 Å². The van der Waals surface area contributed by atoms with Crippen molar-refractivity contribution >= 4 is 5.91 Å². The molecule has 0 radical (unpaired) electrons. The molecule has 0 fully saturated rings. The van der Waals surface area contributed by atoms with Crippen molar-refractivity contribution in [2.75, 3.05) is 26.3 Å². The third kappa shape index (κ3) is 6.94. The van der Waals surface area contributed by atoms with Gasteiger partial charge in [0.2, 0.25) is 0 Å². The van der Waals surface area contributed by atoms with Crippen LogP contribution in [0.1, 0.15) is 36.2 Å². The molecule has 1 aromatic carbocycles. The quantitative estimate of drug-likeness (QED) is 0.594. The topological polar surface area (TPSA) is 64.3 Å². The summed E-state index contributed by atoms with van der Waals surface area (Å²) < 4.78 is 5.47. The summed E-state index contributed by atoms with van der Waals surface area (Å²) in [6.45, 7) is 6.34. The summed E-state index contributed by atoms with van der Waals surface area (Å²) >= 11 is 0. The van der Waals surface area contributed by atoms with Crippen LogP contribution in [-0.4, -0.2) is 32.2 Å². The molecule has 0 saturated heterocycles. The molecule has 0 aliphatic heterocycles. The molecular formula is C17H24N2O2. The van der Waals surface area contributed by atoms with Gasteiger partial charge < -0.3 is 15.8 Å². The van der Waals surface area contributed by atoms with E-state index >= 15 is 0 Å². The number of rotatable bonds is 7. The van der Waals surface area contributed by atoms with Crippen molar-refractivity contribution in [2.24, 2.45) is 11.7 Å². The Morgan fingerprint density at radius 2 is 2.10 bits per heavy atom. The predicted molar refractivity (Wildman–Crippen MR) is 85.0 cm³/mol. The molecule has 3 N–H and O–H groups in total. The van der Waals surface area contributed by atoms with Gasteiger partial charge in [0, 0.05) is 18.7 Å². The molecule has 0 bridgehead atoms. The molecule has 1 rings (SSSR count). The van der Waals surface area contributed by atoms with E-state index in [0.29, 0.717) is 30.2 Å². The van der Waals surface area contributed by atoms with Crippen LogP contribution in [0.4, 0.5) is 0 Å². The number of hydrogen-bond donors (Lipinski definition) is 2. The van der Waals surface area contributed by atoms with Gasteiger partial charge >= 0.3 is 0 Å². The summed E-state index contributed by atoms with van der Waals surface area (Å²) in [5.74, 6) is 6.17. The lowest BCUT2D eigenvalue weighted by Crippen LogP contribution is -2.28. The number of amides is 1. The molecule has 21 heavy (non-hydrogen) atoms. The number of nitrogens with two attached hydrogens (primary N) is 1. The molecular weight excluding hydrogens is 264 g/mol. The summed E-state index contributed by atoms with van der Waals surface area (Å²) in [6.07, 6.45) is 1.03. The lowest BCUT2D eigenvalue weighted by Gasteiger charge is -2.08. The standard InChI is InChI=1S/C17H24N2O2/c1-14(2)9-12-21-13-11-19-17(20)16-8-4-3-6-15(16)7-5-10-18/h3-4,6,8,14H,9-13,18H2,1-2H3,(H,19,20). The smallest absolute Gasteiger partial charge is 0.252 e. The maximum absolute atomic E-state index is 12.1. The van der Waals surface area contributed by atoms with Crippen molar-refractivity contribution in [1.82, 2.24) is 5.32 Å². The summed E-state index contributed by atoms with van der Waals surface area (Å²) in [5, 5.41) is 2.84. The van der Waals surface area contributed by atoms with Crippen LogP contribution < -0.4 is 11.1 Å². The average Bonchev–Trinajstić information content (AvgIpc) is 2.48. The van der Waals surface area contributed by atoms with Gasteiger partial charge in [-0.3, -0.25) is 4.79 Å². The second kappa shape index (κ2) is 9.98. The zero-order valence-corrected chi connectivity index (χ0v) is 12.8. The normalized spacial score (nSPS) is 10.1. The molecule has 114 valence electrons. The first-order valence-corrected chi connectivity index (χ1v) is 7.29. The summed E-state index contributed by atoms with van der Waals surface area (Å²) in [4.78, 5) is 12.1. The van der Waals surface area contributed by atoms with Crippen LogP contribution in [0.2, 0.25) is 0 Å². The molecule has 0 saturated carbocycles. The zero-order valence-electron chi connectivity index (χ0n) is 12.8. The van der Waals surface area contributed by atoms with Crippen LogP contribution in [0.5, 0.6) is 0 Å². The molecule has 0 unspecified atom stereocenters. The van der Waals surface area contributed by atoms with Gasteiger partial charge in [-0.15, -0.1) is 0 Å². The molecule has 0 aromatic heterocycles. The highest BCUT2D eigenvalue weighted by Crippen LogP contribution is 2.07. The van der Waals surface area contributed by atoms with E-state index in [2.05, 4.69) is 31.0 Å². The number of hydrogen-bond acceptors (Lipinski definition) is 3. The van der Waals surface area contributed by atoms with E-state index in [9.17, 15) is 4.79 Å². The monoisotopic (exact) mass is 288 g/mol. The molecule has 0 spiro atoms.